The van der Waals surface area contributed by atoms with Crippen LogP contribution in [-0.2, 0) is 0 Å². The van der Waals surface area contributed by atoms with Gasteiger partial charge in [0.1, 0.15) is 5.82 Å². The maximum absolute atomic E-state index is 13.8. The van der Waals surface area contributed by atoms with Crippen LogP contribution < -0.4 is 5.32 Å². The van der Waals surface area contributed by atoms with Gasteiger partial charge in [-0.25, -0.2) is 9.37 Å². The van der Waals surface area contributed by atoms with Crippen LogP contribution in [0.2, 0.25) is 0 Å². The summed E-state index contributed by atoms with van der Waals surface area (Å²) in [7, 11) is 0. The predicted molar refractivity (Wildman–Crippen MR) is 117 cm³/mol. The monoisotopic (exact) mass is 432 g/mol. The van der Waals surface area contributed by atoms with Crippen LogP contribution in [0, 0.1) is 5.82 Å². The maximum atomic E-state index is 13.8. The SMILES string of the molecule is O=C(Nc1ccccc1F)c1cc(C2CCN(C(=O)c3ccc4nc[nH]c4c3)CC2)[nH]n1. The molecular formula is C23H21FN6O2. The lowest BCUT2D eigenvalue weighted by Gasteiger charge is -2.31. The number of nitrogens with zero attached hydrogens (tertiary/aromatic N) is 3. The smallest absolute Gasteiger partial charge is 0.276 e. The second-order valence-electron chi connectivity index (χ2n) is 7.84. The van der Waals surface area contributed by atoms with E-state index in [-0.39, 0.29) is 23.2 Å². The molecule has 0 spiro atoms. The summed E-state index contributed by atoms with van der Waals surface area (Å²) in [5.41, 5.74) is 3.46. The number of piperidine rings is 1. The first kappa shape index (κ1) is 19.9. The van der Waals surface area contributed by atoms with Gasteiger partial charge < -0.3 is 15.2 Å². The van der Waals surface area contributed by atoms with E-state index in [9.17, 15) is 14.0 Å². The molecule has 0 radical (unpaired) electrons. The van der Waals surface area contributed by atoms with Gasteiger partial charge in [-0.15, -0.1) is 0 Å². The maximum Gasteiger partial charge on any atom is 0.276 e. The molecule has 3 N–H and O–H groups in total. The van der Waals surface area contributed by atoms with Gasteiger partial charge in [-0.05, 0) is 49.2 Å². The summed E-state index contributed by atoms with van der Waals surface area (Å²) in [5.74, 6) is -0.814. The number of hydrogen-bond donors (Lipinski definition) is 3. The van der Waals surface area contributed by atoms with Crippen LogP contribution in [0.3, 0.4) is 0 Å². The zero-order valence-corrected chi connectivity index (χ0v) is 17.1. The molecule has 162 valence electrons. The molecule has 4 aromatic rings. The third kappa shape index (κ3) is 3.84. The van der Waals surface area contributed by atoms with Gasteiger partial charge in [-0.1, -0.05) is 12.1 Å². The minimum Gasteiger partial charge on any atom is -0.345 e. The lowest BCUT2D eigenvalue weighted by atomic mass is 9.93. The summed E-state index contributed by atoms with van der Waals surface area (Å²) >= 11 is 0. The van der Waals surface area contributed by atoms with Crippen molar-refractivity contribution in [3.63, 3.8) is 0 Å². The Balaban J connectivity index is 1.21. The summed E-state index contributed by atoms with van der Waals surface area (Å²) in [6.45, 7) is 1.22. The lowest BCUT2D eigenvalue weighted by Crippen LogP contribution is -2.38. The topological polar surface area (TPSA) is 107 Å². The van der Waals surface area contributed by atoms with Gasteiger partial charge >= 0.3 is 0 Å². The van der Waals surface area contributed by atoms with E-state index in [4.69, 9.17) is 0 Å². The first-order valence-corrected chi connectivity index (χ1v) is 10.4. The first-order valence-electron chi connectivity index (χ1n) is 10.4. The number of halogens is 1. The summed E-state index contributed by atoms with van der Waals surface area (Å²) < 4.78 is 13.8. The quantitative estimate of drug-likeness (QED) is 0.457. The molecule has 1 aliphatic rings. The molecule has 3 heterocycles. The van der Waals surface area contributed by atoms with Crippen LogP contribution in [0.15, 0.2) is 54.9 Å². The molecule has 0 unspecified atom stereocenters. The number of nitrogens with one attached hydrogen (secondary N) is 3. The number of aromatic amines is 2. The average Bonchev–Trinajstić information content (AvgIpc) is 3.50. The van der Waals surface area contributed by atoms with Gasteiger partial charge in [0.2, 0.25) is 0 Å². The minimum atomic E-state index is -0.500. The number of carbonyl (C=O) groups is 2. The highest BCUT2D eigenvalue weighted by atomic mass is 19.1. The number of anilines is 1. The molecular weight excluding hydrogens is 411 g/mol. The standard InChI is InChI=1S/C23H21FN6O2/c24-16-3-1-2-4-17(16)27-22(31)21-12-19(28-29-21)14-7-9-30(10-8-14)23(32)15-5-6-18-20(11-15)26-13-25-18/h1-6,11-14H,7-10H2,(H,25,26)(H,27,31)(H,28,29). The fourth-order valence-corrected chi connectivity index (χ4v) is 4.06. The number of carbonyl (C=O) groups excluding carboxylic acids is 2. The van der Waals surface area contributed by atoms with Crippen molar-refractivity contribution in [2.45, 2.75) is 18.8 Å². The van der Waals surface area contributed by atoms with Crippen LogP contribution in [-0.4, -0.2) is 50.0 Å². The van der Waals surface area contributed by atoms with Crippen LogP contribution in [0.25, 0.3) is 11.0 Å². The molecule has 1 fully saturated rings. The van der Waals surface area contributed by atoms with E-state index < -0.39 is 11.7 Å². The highest BCUT2D eigenvalue weighted by Crippen LogP contribution is 2.28. The van der Waals surface area contributed by atoms with Crippen LogP contribution in [0.5, 0.6) is 0 Å². The molecule has 2 amide bonds. The Hall–Kier alpha value is -4.01. The first-order chi connectivity index (χ1) is 15.6. The van der Waals surface area contributed by atoms with E-state index in [2.05, 4.69) is 25.5 Å². The van der Waals surface area contributed by atoms with Crippen molar-refractivity contribution < 1.29 is 14.0 Å². The number of H-pyrrole nitrogens is 2. The third-order valence-corrected chi connectivity index (χ3v) is 5.84. The van der Waals surface area contributed by atoms with Crippen LogP contribution >= 0.6 is 0 Å². The molecule has 9 heteroatoms. The van der Waals surface area contributed by atoms with E-state index in [1.54, 1.807) is 30.6 Å². The molecule has 1 saturated heterocycles. The number of hydrogen-bond acceptors (Lipinski definition) is 4. The number of likely N-dealkylation sites (tertiary alicyclic amines) is 1. The Morgan fingerprint density at radius 3 is 2.72 bits per heavy atom. The minimum absolute atomic E-state index is 0.00508. The zero-order valence-electron chi connectivity index (χ0n) is 17.1. The lowest BCUT2D eigenvalue weighted by molar-refractivity contribution is 0.0712. The van der Waals surface area contributed by atoms with Crippen molar-refractivity contribution in [1.29, 1.82) is 0 Å². The van der Waals surface area contributed by atoms with E-state index in [0.29, 0.717) is 18.7 Å². The normalized spacial score (nSPS) is 14.6. The number of rotatable bonds is 4. The summed E-state index contributed by atoms with van der Waals surface area (Å²) in [4.78, 5) is 34.4. The summed E-state index contributed by atoms with van der Waals surface area (Å²) in [5, 5.41) is 9.56. The van der Waals surface area contributed by atoms with Crippen molar-refractivity contribution in [2.24, 2.45) is 0 Å². The fourth-order valence-electron chi connectivity index (χ4n) is 4.06. The molecule has 32 heavy (non-hydrogen) atoms. The van der Waals surface area contributed by atoms with Crippen LogP contribution in [0.1, 0.15) is 45.3 Å². The summed E-state index contributed by atoms with van der Waals surface area (Å²) in [6, 6.07) is 13.2. The highest BCUT2D eigenvalue weighted by Gasteiger charge is 2.26. The van der Waals surface area contributed by atoms with Gasteiger partial charge in [0.15, 0.2) is 5.69 Å². The molecule has 1 aliphatic heterocycles. The van der Waals surface area contributed by atoms with E-state index in [0.717, 1.165) is 29.6 Å². The molecule has 2 aromatic carbocycles. The van der Waals surface area contributed by atoms with Crippen LogP contribution in [0.4, 0.5) is 10.1 Å². The molecule has 5 rings (SSSR count). The molecule has 0 atom stereocenters. The Morgan fingerprint density at radius 1 is 1.09 bits per heavy atom. The molecule has 0 bridgehead atoms. The van der Waals surface area contributed by atoms with Crippen molar-refractivity contribution in [3.8, 4) is 0 Å². The largest absolute Gasteiger partial charge is 0.345 e. The number of imidazole rings is 1. The number of benzene rings is 2. The Kier molecular flexibility index (Phi) is 5.14. The third-order valence-electron chi connectivity index (χ3n) is 5.84. The Bertz CT molecular complexity index is 1290. The second kappa shape index (κ2) is 8.26. The molecule has 0 saturated carbocycles. The zero-order chi connectivity index (χ0) is 22.1. The number of aromatic nitrogens is 4. The van der Waals surface area contributed by atoms with E-state index >= 15 is 0 Å². The fraction of sp³-hybridized carbons (Fsp3) is 0.217. The van der Waals surface area contributed by atoms with E-state index in [1.807, 2.05) is 17.0 Å². The van der Waals surface area contributed by atoms with Crippen molar-refractivity contribution in [2.75, 3.05) is 18.4 Å². The van der Waals surface area contributed by atoms with E-state index in [1.165, 1.54) is 12.1 Å². The van der Waals surface area contributed by atoms with Crippen molar-refractivity contribution in [1.82, 2.24) is 25.1 Å². The highest BCUT2D eigenvalue weighted by molar-refractivity contribution is 6.03. The van der Waals surface area contributed by atoms with Gasteiger partial charge in [-0.3, -0.25) is 14.7 Å². The summed E-state index contributed by atoms with van der Waals surface area (Å²) in [6.07, 6.45) is 3.13. The van der Waals surface area contributed by atoms with Gasteiger partial charge in [-0.2, -0.15) is 5.10 Å². The molecule has 8 nitrogen and oxygen atoms in total. The Morgan fingerprint density at radius 2 is 1.91 bits per heavy atom. The number of para-hydroxylation sites is 1. The number of amides is 2. The number of fused-ring (bicyclic) bond motifs is 1. The molecule has 0 aliphatic carbocycles. The van der Waals surface area contributed by atoms with Gasteiger partial charge in [0.05, 0.1) is 23.0 Å². The molecule has 2 aromatic heterocycles. The second-order valence-corrected chi connectivity index (χ2v) is 7.84. The Labute approximate surface area is 182 Å². The van der Waals surface area contributed by atoms with Crippen molar-refractivity contribution in [3.05, 3.63) is 77.6 Å². The van der Waals surface area contributed by atoms with Crippen molar-refractivity contribution >= 4 is 28.5 Å². The van der Waals surface area contributed by atoms with Gasteiger partial charge in [0.25, 0.3) is 11.8 Å². The van der Waals surface area contributed by atoms with Gasteiger partial charge in [0, 0.05) is 30.3 Å². The predicted octanol–water partition coefficient (Wildman–Crippen LogP) is 3.70. The average molecular weight is 432 g/mol.